The first-order chi connectivity index (χ1) is 12.6. The van der Waals surface area contributed by atoms with Crippen molar-refractivity contribution in [2.75, 3.05) is 20.2 Å². The van der Waals surface area contributed by atoms with Gasteiger partial charge in [0.1, 0.15) is 11.4 Å². The van der Waals surface area contributed by atoms with Crippen molar-refractivity contribution in [2.45, 2.75) is 25.7 Å². The minimum Gasteiger partial charge on any atom is -0.497 e. The van der Waals surface area contributed by atoms with E-state index in [0.29, 0.717) is 30.9 Å². The largest absolute Gasteiger partial charge is 0.497 e. The summed E-state index contributed by atoms with van der Waals surface area (Å²) in [5.41, 5.74) is 2.01. The molecule has 0 bridgehead atoms. The predicted molar refractivity (Wildman–Crippen MR) is 96.1 cm³/mol. The van der Waals surface area contributed by atoms with Crippen molar-refractivity contribution >= 4 is 11.9 Å². The summed E-state index contributed by atoms with van der Waals surface area (Å²) in [5.74, 6) is 0.0943. The molecule has 2 heterocycles. The van der Waals surface area contributed by atoms with Gasteiger partial charge in [0.2, 0.25) is 0 Å². The lowest BCUT2D eigenvalue weighted by Crippen LogP contribution is -2.40. The molecule has 26 heavy (non-hydrogen) atoms. The zero-order chi connectivity index (χ0) is 18.5. The van der Waals surface area contributed by atoms with Crippen LogP contribution in [0.1, 0.15) is 36.2 Å². The summed E-state index contributed by atoms with van der Waals surface area (Å²) < 4.78 is 5.22. The highest BCUT2D eigenvalue weighted by molar-refractivity contribution is 5.93. The topological polar surface area (TPSA) is 95.5 Å². The Morgan fingerprint density at radius 2 is 2.23 bits per heavy atom. The van der Waals surface area contributed by atoms with Crippen molar-refractivity contribution < 1.29 is 19.4 Å². The van der Waals surface area contributed by atoms with Crippen molar-refractivity contribution in [1.29, 1.82) is 0 Å². The third-order valence-electron chi connectivity index (χ3n) is 4.75. The Bertz CT molecular complexity index is 787. The van der Waals surface area contributed by atoms with Gasteiger partial charge in [-0.25, -0.2) is 0 Å². The molecule has 138 valence electrons. The number of ether oxygens (including phenoxy) is 1. The van der Waals surface area contributed by atoms with E-state index in [1.54, 1.807) is 18.1 Å². The van der Waals surface area contributed by atoms with E-state index in [-0.39, 0.29) is 18.2 Å². The molecule has 1 aromatic heterocycles. The molecule has 1 aliphatic heterocycles. The molecule has 1 fully saturated rings. The Labute approximate surface area is 152 Å². The van der Waals surface area contributed by atoms with E-state index in [4.69, 9.17) is 9.84 Å². The first kappa shape index (κ1) is 18.0. The molecule has 1 aromatic carbocycles. The SMILES string of the molecule is COc1cccc(-c2cc(C(=O)N3CCCC(CCC(=O)O)C3)[nH]n2)c1. The van der Waals surface area contributed by atoms with Crippen LogP contribution in [0.4, 0.5) is 0 Å². The summed E-state index contributed by atoms with van der Waals surface area (Å²) in [6.45, 7) is 1.29. The summed E-state index contributed by atoms with van der Waals surface area (Å²) in [6, 6.07) is 9.26. The number of nitrogens with zero attached hydrogens (tertiary/aromatic N) is 2. The standard InChI is InChI=1S/C19H23N3O4/c1-26-15-6-2-5-14(10-15)16-11-17(21-20-16)19(25)22-9-3-4-13(12-22)7-8-18(23)24/h2,5-6,10-11,13H,3-4,7-9,12H2,1H3,(H,20,21)(H,23,24). The molecular formula is C19H23N3O4. The highest BCUT2D eigenvalue weighted by Gasteiger charge is 2.26. The first-order valence-corrected chi connectivity index (χ1v) is 8.77. The molecule has 0 radical (unpaired) electrons. The number of H-pyrrole nitrogens is 1. The van der Waals surface area contributed by atoms with E-state index in [1.807, 2.05) is 24.3 Å². The molecule has 7 nitrogen and oxygen atoms in total. The fourth-order valence-corrected chi connectivity index (χ4v) is 3.34. The third-order valence-corrected chi connectivity index (χ3v) is 4.75. The highest BCUT2D eigenvalue weighted by Crippen LogP contribution is 2.25. The molecule has 1 saturated heterocycles. The lowest BCUT2D eigenvalue weighted by molar-refractivity contribution is -0.137. The second kappa shape index (κ2) is 8.03. The van der Waals surface area contributed by atoms with Crippen LogP contribution >= 0.6 is 0 Å². The smallest absolute Gasteiger partial charge is 0.303 e. The molecule has 2 N–H and O–H groups in total. The second-order valence-electron chi connectivity index (χ2n) is 6.59. The van der Waals surface area contributed by atoms with E-state index in [0.717, 1.165) is 24.2 Å². The minimum atomic E-state index is -0.787. The van der Waals surface area contributed by atoms with Gasteiger partial charge in [0, 0.05) is 25.1 Å². The Balaban J connectivity index is 1.68. The van der Waals surface area contributed by atoms with E-state index in [9.17, 15) is 9.59 Å². The summed E-state index contributed by atoms with van der Waals surface area (Å²) in [6.07, 6.45) is 2.62. The molecule has 2 aromatic rings. The highest BCUT2D eigenvalue weighted by atomic mass is 16.5. The number of aromatic amines is 1. The van der Waals surface area contributed by atoms with E-state index in [1.165, 1.54) is 0 Å². The maximum absolute atomic E-state index is 12.8. The number of aliphatic carboxylic acids is 1. The number of aromatic nitrogens is 2. The van der Waals surface area contributed by atoms with Gasteiger partial charge in [0.15, 0.2) is 0 Å². The van der Waals surface area contributed by atoms with Crippen LogP contribution in [0.25, 0.3) is 11.3 Å². The lowest BCUT2D eigenvalue weighted by Gasteiger charge is -2.32. The van der Waals surface area contributed by atoms with E-state index >= 15 is 0 Å². The van der Waals surface area contributed by atoms with Gasteiger partial charge >= 0.3 is 5.97 Å². The Morgan fingerprint density at radius 3 is 3.00 bits per heavy atom. The Hall–Kier alpha value is -2.83. The predicted octanol–water partition coefficient (Wildman–Crippen LogP) is 2.80. The molecule has 0 aliphatic carbocycles. The molecule has 1 atom stereocenters. The number of carboxylic acid groups (broad SMARTS) is 1. The van der Waals surface area contributed by atoms with Crippen molar-refractivity contribution in [3.05, 3.63) is 36.0 Å². The quantitative estimate of drug-likeness (QED) is 0.829. The van der Waals surface area contributed by atoms with E-state index in [2.05, 4.69) is 10.2 Å². The second-order valence-corrected chi connectivity index (χ2v) is 6.59. The number of hydrogen-bond donors (Lipinski definition) is 2. The van der Waals surface area contributed by atoms with Gasteiger partial charge in [-0.3, -0.25) is 14.7 Å². The van der Waals surface area contributed by atoms with Crippen LogP contribution in [0.15, 0.2) is 30.3 Å². The molecule has 1 amide bonds. The van der Waals surface area contributed by atoms with Crippen molar-refractivity contribution in [3.8, 4) is 17.0 Å². The zero-order valence-corrected chi connectivity index (χ0v) is 14.8. The van der Waals surface area contributed by atoms with Crippen molar-refractivity contribution in [1.82, 2.24) is 15.1 Å². The van der Waals surface area contributed by atoms with Gasteiger partial charge in [-0.1, -0.05) is 12.1 Å². The van der Waals surface area contributed by atoms with Crippen LogP contribution in [0, 0.1) is 5.92 Å². The summed E-state index contributed by atoms with van der Waals surface area (Å²) in [7, 11) is 1.61. The average molecular weight is 357 g/mol. The number of carbonyl (C=O) groups is 2. The van der Waals surface area contributed by atoms with Gasteiger partial charge in [-0.05, 0) is 43.4 Å². The van der Waals surface area contributed by atoms with Crippen LogP contribution in [0.3, 0.4) is 0 Å². The number of amides is 1. The maximum atomic E-state index is 12.8. The number of piperidine rings is 1. The van der Waals surface area contributed by atoms with Crippen LogP contribution in [-0.2, 0) is 4.79 Å². The van der Waals surface area contributed by atoms with Gasteiger partial charge < -0.3 is 14.7 Å². The lowest BCUT2D eigenvalue weighted by atomic mass is 9.93. The number of benzene rings is 1. The number of carboxylic acids is 1. The fourth-order valence-electron chi connectivity index (χ4n) is 3.34. The van der Waals surface area contributed by atoms with E-state index < -0.39 is 5.97 Å². The van der Waals surface area contributed by atoms with Crippen molar-refractivity contribution in [3.63, 3.8) is 0 Å². The molecular weight excluding hydrogens is 334 g/mol. The third kappa shape index (κ3) is 4.22. The monoisotopic (exact) mass is 357 g/mol. The van der Waals surface area contributed by atoms with Crippen LogP contribution < -0.4 is 4.74 Å². The Kier molecular flexibility index (Phi) is 5.55. The van der Waals surface area contributed by atoms with Crippen LogP contribution in [-0.4, -0.2) is 52.3 Å². The molecule has 1 unspecified atom stereocenters. The van der Waals surface area contributed by atoms with Crippen molar-refractivity contribution in [2.24, 2.45) is 5.92 Å². The number of hydrogen-bond acceptors (Lipinski definition) is 4. The summed E-state index contributed by atoms with van der Waals surface area (Å²) >= 11 is 0. The number of carbonyl (C=O) groups excluding carboxylic acids is 1. The molecule has 0 saturated carbocycles. The molecule has 1 aliphatic rings. The van der Waals surface area contributed by atoms with Crippen LogP contribution in [0.2, 0.25) is 0 Å². The molecule has 7 heteroatoms. The van der Waals surface area contributed by atoms with Crippen LogP contribution in [0.5, 0.6) is 5.75 Å². The minimum absolute atomic E-state index is 0.0910. The first-order valence-electron chi connectivity index (χ1n) is 8.77. The number of rotatable bonds is 6. The fraction of sp³-hybridized carbons (Fsp3) is 0.421. The molecule has 0 spiro atoms. The summed E-state index contributed by atoms with van der Waals surface area (Å²) in [5, 5.41) is 15.9. The number of methoxy groups -OCH3 is 1. The Morgan fingerprint density at radius 1 is 1.38 bits per heavy atom. The van der Waals surface area contributed by atoms with Gasteiger partial charge in [0.25, 0.3) is 5.91 Å². The maximum Gasteiger partial charge on any atom is 0.303 e. The van der Waals surface area contributed by atoms with Gasteiger partial charge in [-0.2, -0.15) is 5.10 Å². The number of likely N-dealkylation sites (tertiary alicyclic amines) is 1. The van der Waals surface area contributed by atoms with Gasteiger partial charge in [-0.15, -0.1) is 0 Å². The van der Waals surface area contributed by atoms with Gasteiger partial charge in [0.05, 0.1) is 12.8 Å². The molecule has 3 rings (SSSR count). The normalized spacial score (nSPS) is 17.1. The summed E-state index contributed by atoms with van der Waals surface area (Å²) in [4.78, 5) is 25.3. The zero-order valence-electron chi connectivity index (χ0n) is 14.8. The average Bonchev–Trinajstić information content (AvgIpc) is 3.16. The number of nitrogens with one attached hydrogen (secondary N) is 1.